The summed E-state index contributed by atoms with van der Waals surface area (Å²) in [6, 6.07) is 0. The Labute approximate surface area is 48.7 Å². The van der Waals surface area contributed by atoms with E-state index < -0.39 is 0 Å². The van der Waals surface area contributed by atoms with Crippen molar-refractivity contribution >= 4 is 24.6 Å². The first kappa shape index (κ1) is 9.52. The van der Waals surface area contributed by atoms with Crippen LogP contribution >= 0.6 is 0 Å². The first-order valence-electron chi connectivity index (χ1n) is 1.37. The van der Waals surface area contributed by atoms with Crippen molar-refractivity contribution in [2.24, 2.45) is 0 Å². The van der Waals surface area contributed by atoms with Gasteiger partial charge in [-0.3, -0.25) is 4.79 Å². The molecule has 0 atom stereocenters. The first-order chi connectivity index (χ1) is 2.27. The number of rotatable bonds is 1. The Morgan fingerprint density at radius 3 is 2.00 bits per heavy atom. The topological polar surface area (TPSA) is 37.3 Å². The van der Waals surface area contributed by atoms with E-state index in [-0.39, 0.29) is 31.3 Å². The van der Waals surface area contributed by atoms with Gasteiger partial charge in [-0.15, -0.1) is 0 Å². The molecule has 0 radical (unpaired) electrons. The van der Waals surface area contributed by atoms with Gasteiger partial charge in [0.05, 0.1) is 0 Å². The number of ketones is 1. The molecule has 0 aliphatic carbocycles. The van der Waals surface area contributed by atoms with Crippen molar-refractivity contribution < 1.29 is 9.90 Å². The summed E-state index contributed by atoms with van der Waals surface area (Å²) in [4.78, 5) is 9.56. The van der Waals surface area contributed by atoms with Crippen LogP contribution in [0, 0.1) is 0 Å². The molecule has 0 aromatic heterocycles. The molecular formula is C3H7LiO2. The average molecular weight is 82.0 g/mol. The molecule has 6 heavy (non-hydrogen) atoms. The molecule has 0 aliphatic heterocycles. The van der Waals surface area contributed by atoms with Crippen molar-refractivity contribution in [3.8, 4) is 0 Å². The number of hydrogen-bond donors (Lipinski definition) is 1. The molecule has 0 bridgehead atoms. The molecule has 0 unspecified atom stereocenters. The molecule has 0 aliphatic rings. The fourth-order valence-electron chi connectivity index (χ4n) is 0. The minimum atomic E-state index is -0.333. The number of aliphatic hydroxyl groups is 1. The van der Waals surface area contributed by atoms with E-state index in [2.05, 4.69) is 0 Å². The van der Waals surface area contributed by atoms with Crippen molar-refractivity contribution in [1.82, 2.24) is 0 Å². The zero-order valence-electron chi connectivity index (χ0n) is 3.06. The van der Waals surface area contributed by atoms with Gasteiger partial charge in [0.1, 0.15) is 6.61 Å². The molecule has 2 nitrogen and oxygen atoms in total. The van der Waals surface area contributed by atoms with E-state index in [1.54, 1.807) is 0 Å². The van der Waals surface area contributed by atoms with E-state index >= 15 is 0 Å². The van der Waals surface area contributed by atoms with Gasteiger partial charge in [-0.25, -0.2) is 0 Å². The second-order valence-electron chi connectivity index (χ2n) is 0.860. The van der Waals surface area contributed by atoms with Crippen LogP contribution in [0.2, 0.25) is 0 Å². The molecule has 0 heterocycles. The summed E-state index contributed by atoms with van der Waals surface area (Å²) < 4.78 is 0. The number of Topliss-reactive ketones (excluding diaryl/α,β-unsaturated/α-hetero) is 1. The summed E-state index contributed by atoms with van der Waals surface area (Å²) >= 11 is 0. The van der Waals surface area contributed by atoms with Crippen LogP contribution in [0.3, 0.4) is 0 Å². The summed E-state index contributed by atoms with van der Waals surface area (Å²) in [7, 11) is 0. The summed E-state index contributed by atoms with van der Waals surface area (Å²) in [5.41, 5.74) is 0. The molecule has 0 saturated carbocycles. The van der Waals surface area contributed by atoms with E-state index in [9.17, 15) is 4.79 Å². The van der Waals surface area contributed by atoms with E-state index in [0.717, 1.165) is 0 Å². The monoisotopic (exact) mass is 82.1 g/mol. The van der Waals surface area contributed by atoms with Crippen LogP contribution in [-0.4, -0.2) is 36.4 Å². The third kappa shape index (κ3) is 8.88. The fraction of sp³-hybridized carbons (Fsp3) is 0.667. The predicted molar refractivity (Wildman–Crippen MR) is 24.9 cm³/mol. The molecular weight excluding hydrogens is 75.0 g/mol. The Bertz CT molecular complexity index is 44.1. The van der Waals surface area contributed by atoms with Crippen LogP contribution < -0.4 is 0 Å². The third-order valence-corrected chi connectivity index (χ3v) is 0.223. The van der Waals surface area contributed by atoms with Crippen LogP contribution in [-0.2, 0) is 4.79 Å². The SMILES string of the molecule is CC(=O)CO.[LiH]. The maximum atomic E-state index is 9.56. The van der Waals surface area contributed by atoms with Crippen molar-refractivity contribution in [1.29, 1.82) is 0 Å². The standard InChI is InChI=1S/C3H6O2.Li.H/c1-3(5)2-4;;/h4H,2H2,1H3;;. The second-order valence-corrected chi connectivity index (χ2v) is 0.860. The van der Waals surface area contributed by atoms with Crippen LogP contribution in [0.25, 0.3) is 0 Å². The van der Waals surface area contributed by atoms with Gasteiger partial charge in [0, 0.05) is 0 Å². The molecule has 32 valence electrons. The zero-order chi connectivity index (χ0) is 4.28. The molecule has 3 heteroatoms. The molecule has 0 aromatic carbocycles. The van der Waals surface area contributed by atoms with Crippen LogP contribution in [0.4, 0.5) is 0 Å². The van der Waals surface area contributed by atoms with Gasteiger partial charge in [0.2, 0.25) is 0 Å². The Morgan fingerprint density at radius 1 is 1.83 bits per heavy atom. The first-order valence-corrected chi connectivity index (χ1v) is 1.37. The van der Waals surface area contributed by atoms with E-state index in [1.807, 2.05) is 0 Å². The van der Waals surface area contributed by atoms with Gasteiger partial charge in [0.25, 0.3) is 0 Å². The number of carbonyl (C=O) groups is 1. The van der Waals surface area contributed by atoms with E-state index in [0.29, 0.717) is 0 Å². The van der Waals surface area contributed by atoms with E-state index in [1.165, 1.54) is 6.92 Å². The second kappa shape index (κ2) is 5.23. The molecule has 0 saturated heterocycles. The molecule has 0 aromatic rings. The minimum absolute atomic E-state index is 0. The summed E-state index contributed by atoms with van der Waals surface area (Å²) in [6.45, 7) is 1.000. The predicted octanol–water partition coefficient (Wildman–Crippen LogP) is -1.08. The van der Waals surface area contributed by atoms with Gasteiger partial charge in [-0.2, -0.15) is 0 Å². The van der Waals surface area contributed by atoms with Gasteiger partial charge >= 0.3 is 18.9 Å². The van der Waals surface area contributed by atoms with Gasteiger partial charge < -0.3 is 5.11 Å². The van der Waals surface area contributed by atoms with E-state index in [4.69, 9.17) is 5.11 Å². The number of aliphatic hydroxyl groups excluding tert-OH is 1. The summed E-state index contributed by atoms with van der Waals surface area (Å²) in [5, 5.41) is 7.79. The van der Waals surface area contributed by atoms with Gasteiger partial charge in [0.15, 0.2) is 5.78 Å². The van der Waals surface area contributed by atoms with Crippen LogP contribution in [0.15, 0.2) is 0 Å². The molecule has 1 N–H and O–H groups in total. The maximum absolute atomic E-state index is 9.56. The van der Waals surface area contributed by atoms with Crippen molar-refractivity contribution in [2.45, 2.75) is 6.92 Å². The Balaban J connectivity index is 0. The number of hydrogen-bond acceptors (Lipinski definition) is 2. The van der Waals surface area contributed by atoms with Crippen molar-refractivity contribution in [2.75, 3.05) is 6.61 Å². The fourth-order valence-corrected chi connectivity index (χ4v) is 0. The van der Waals surface area contributed by atoms with Crippen molar-refractivity contribution in [3.63, 3.8) is 0 Å². The summed E-state index contributed by atoms with van der Waals surface area (Å²) in [6.07, 6.45) is 0. The van der Waals surface area contributed by atoms with Crippen LogP contribution in [0.5, 0.6) is 0 Å². The number of carbonyl (C=O) groups excluding carboxylic acids is 1. The quantitative estimate of drug-likeness (QED) is 0.408. The molecule has 0 rings (SSSR count). The Kier molecular flexibility index (Phi) is 8.30. The molecule has 0 spiro atoms. The Hall–Kier alpha value is 0.227. The van der Waals surface area contributed by atoms with Crippen LogP contribution in [0.1, 0.15) is 6.92 Å². The average Bonchev–Trinajstić information content (AvgIpc) is 1.38. The summed E-state index contributed by atoms with van der Waals surface area (Å²) in [5.74, 6) is -0.190. The van der Waals surface area contributed by atoms with Crippen molar-refractivity contribution in [3.05, 3.63) is 0 Å². The molecule has 0 amide bonds. The normalized spacial score (nSPS) is 6.33. The Morgan fingerprint density at radius 2 is 2.00 bits per heavy atom. The zero-order valence-corrected chi connectivity index (χ0v) is 3.06. The van der Waals surface area contributed by atoms with Gasteiger partial charge in [-0.05, 0) is 6.92 Å². The van der Waals surface area contributed by atoms with Gasteiger partial charge in [-0.1, -0.05) is 0 Å². The third-order valence-electron chi connectivity index (χ3n) is 0.223. The molecule has 0 fully saturated rings.